The van der Waals surface area contributed by atoms with Crippen LogP contribution in [0.3, 0.4) is 0 Å². The first-order valence-corrected chi connectivity index (χ1v) is 1.55. The lowest BCUT2D eigenvalue weighted by molar-refractivity contribution is 1.87. The van der Waals surface area contributed by atoms with E-state index < -0.39 is 0 Å². The van der Waals surface area contributed by atoms with Crippen molar-refractivity contribution in [1.29, 1.82) is 0 Å². The van der Waals surface area contributed by atoms with Crippen LogP contribution in [0.2, 0.25) is 0 Å². The van der Waals surface area contributed by atoms with Crippen LogP contribution in [0.1, 0.15) is 0 Å². The van der Waals surface area contributed by atoms with Crippen LogP contribution in [0.4, 0.5) is 0 Å². The molecule has 1 radical (unpaired) electrons. The highest BCUT2D eigenvalue weighted by Crippen LogP contribution is 1.62. The van der Waals surface area contributed by atoms with E-state index in [1.807, 2.05) is 0 Å². The van der Waals surface area contributed by atoms with Gasteiger partial charge in [-0.2, -0.15) is 0 Å². The van der Waals surface area contributed by atoms with E-state index in [-0.39, 0.29) is 6.15 Å². The van der Waals surface area contributed by atoms with E-state index in [0.29, 0.717) is 8.88 Å². The average molecular weight is 80.1 g/mol. The summed E-state index contributed by atoms with van der Waals surface area (Å²) in [4.78, 5) is 0. The van der Waals surface area contributed by atoms with E-state index in [2.05, 4.69) is 11.0 Å². The Kier molecular flexibility index (Phi) is 22.8. The first kappa shape index (κ1) is 8.85. The Labute approximate surface area is 27.2 Å². The van der Waals surface area contributed by atoms with Gasteiger partial charge in [0.2, 0.25) is 0 Å². The molecule has 4 heteroatoms. The van der Waals surface area contributed by atoms with Crippen molar-refractivity contribution in [1.82, 2.24) is 6.15 Å². The maximum Gasteiger partial charge on any atom is 0.0854 e. The van der Waals surface area contributed by atoms with Crippen molar-refractivity contribution in [2.45, 2.75) is 0 Å². The Balaban J connectivity index is 0. The van der Waals surface area contributed by atoms with Crippen LogP contribution in [0, 0.1) is 0 Å². The Hall–Kier alpha value is 0.310. The highest BCUT2D eigenvalue weighted by Gasteiger charge is 1.32. The smallest absolute Gasteiger partial charge is 0.0854 e. The summed E-state index contributed by atoms with van der Waals surface area (Å²) in [5.41, 5.74) is 9.19. The zero-order chi connectivity index (χ0) is 2.71. The first-order chi connectivity index (χ1) is 1.41. The third-order valence-corrected chi connectivity index (χ3v) is 0. The SMILES string of the molecule is N.N[P]N. The molecule has 0 aromatic carbocycles. The summed E-state index contributed by atoms with van der Waals surface area (Å²) in [7, 11) is 0.417. The first-order valence-electron chi connectivity index (χ1n) is 0.516. The van der Waals surface area contributed by atoms with Gasteiger partial charge in [0.1, 0.15) is 0 Å². The second-order valence-corrected chi connectivity index (χ2v) is 0.447. The number of rotatable bonds is 0. The molecular weight excluding hydrogens is 73.0 g/mol. The third kappa shape index (κ3) is 41.3. The Morgan fingerprint density at radius 1 is 1.25 bits per heavy atom. The van der Waals surface area contributed by atoms with Crippen molar-refractivity contribution >= 4 is 8.88 Å². The fourth-order valence-electron chi connectivity index (χ4n) is 0. The Morgan fingerprint density at radius 2 is 1.25 bits per heavy atom. The number of hydrogen-bond donors (Lipinski definition) is 3. The molecule has 4 heavy (non-hydrogen) atoms. The number of nitrogens with two attached hydrogens (primary N) is 2. The zero-order valence-electron chi connectivity index (χ0n) is 2.31. The van der Waals surface area contributed by atoms with Gasteiger partial charge < -0.3 is 6.15 Å². The second-order valence-electron chi connectivity index (χ2n) is 0.149. The van der Waals surface area contributed by atoms with Gasteiger partial charge in [0, 0.05) is 0 Å². The minimum atomic E-state index is 0. The molecule has 0 rings (SSSR count). The minimum Gasteiger partial charge on any atom is -0.344 e. The predicted octanol–water partition coefficient (Wildman–Crippen LogP) is -0.158. The normalized spacial score (nSPS) is 4.50. The lowest BCUT2D eigenvalue weighted by Crippen LogP contribution is -1.78. The Morgan fingerprint density at radius 3 is 1.25 bits per heavy atom. The maximum atomic E-state index is 4.60. The topological polar surface area (TPSA) is 87.0 Å². The molecule has 0 spiro atoms. The highest BCUT2D eigenvalue weighted by molar-refractivity contribution is 7.32. The van der Waals surface area contributed by atoms with Gasteiger partial charge in [0.05, 0.1) is 8.88 Å². The second kappa shape index (κ2) is 10.3. The summed E-state index contributed by atoms with van der Waals surface area (Å²) >= 11 is 0. The van der Waals surface area contributed by atoms with Crippen molar-refractivity contribution in [3.05, 3.63) is 0 Å². The van der Waals surface area contributed by atoms with Gasteiger partial charge in [-0.25, -0.2) is 0 Å². The zero-order valence-corrected chi connectivity index (χ0v) is 3.20. The molecule has 0 unspecified atom stereocenters. The van der Waals surface area contributed by atoms with E-state index in [1.54, 1.807) is 0 Å². The van der Waals surface area contributed by atoms with Gasteiger partial charge in [0.25, 0.3) is 0 Å². The van der Waals surface area contributed by atoms with E-state index in [4.69, 9.17) is 0 Å². The van der Waals surface area contributed by atoms with Crippen LogP contribution < -0.4 is 17.2 Å². The van der Waals surface area contributed by atoms with Crippen LogP contribution >= 0.6 is 8.88 Å². The third-order valence-electron chi connectivity index (χ3n) is 0. The van der Waals surface area contributed by atoms with Gasteiger partial charge in [-0.15, -0.1) is 0 Å². The molecule has 0 saturated heterocycles. The molecule has 0 heterocycles. The molecule has 0 aromatic heterocycles. The van der Waals surface area contributed by atoms with Crippen molar-refractivity contribution in [3.63, 3.8) is 0 Å². The molecule has 27 valence electrons. The summed E-state index contributed by atoms with van der Waals surface area (Å²) in [6.07, 6.45) is 0. The average Bonchev–Trinajstić information content (AvgIpc) is 0.918. The molecule has 0 aliphatic rings. The summed E-state index contributed by atoms with van der Waals surface area (Å²) in [6.45, 7) is 0. The van der Waals surface area contributed by atoms with Crippen molar-refractivity contribution in [2.24, 2.45) is 11.0 Å². The van der Waals surface area contributed by atoms with Crippen molar-refractivity contribution in [3.8, 4) is 0 Å². The van der Waals surface area contributed by atoms with Crippen LogP contribution in [0.5, 0.6) is 0 Å². The maximum absolute atomic E-state index is 4.60. The Bertz CT molecular complexity index is 3.25. The quantitative estimate of drug-likeness (QED) is 0.353. The van der Waals surface area contributed by atoms with Crippen molar-refractivity contribution in [2.75, 3.05) is 0 Å². The fourth-order valence-corrected chi connectivity index (χ4v) is 0. The molecule has 0 aliphatic heterocycles. The predicted molar refractivity (Wildman–Crippen MR) is 20.3 cm³/mol. The molecule has 3 nitrogen and oxygen atoms in total. The molecule has 0 bridgehead atoms. The lowest BCUT2D eigenvalue weighted by atomic mass is 13.9. The summed E-state index contributed by atoms with van der Waals surface area (Å²) in [6, 6.07) is 0. The van der Waals surface area contributed by atoms with Gasteiger partial charge >= 0.3 is 0 Å². The molecule has 0 saturated carbocycles. The monoisotopic (exact) mass is 80.0 g/mol. The highest BCUT2D eigenvalue weighted by atomic mass is 31.1. The van der Waals surface area contributed by atoms with E-state index in [1.165, 1.54) is 0 Å². The van der Waals surface area contributed by atoms with Crippen LogP contribution in [0.15, 0.2) is 0 Å². The molecule has 0 amide bonds. The van der Waals surface area contributed by atoms with E-state index >= 15 is 0 Å². The van der Waals surface area contributed by atoms with Crippen molar-refractivity contribution < 1.29 is 0 Å². The summed E-state index contributed by atoms with van der Waals surface area (Å²) in [5, 5.41) is 0. The van der Waals surface area contributed by atoms with Gasteiger partial charge in [-0.3, -0.25) is 11.0 Å². The van der Waals surface area contributed by atoms with Gasteiger partial charge in [-0.1, -0.05) is 0 Å². The molecule has 7 N–H and O–H groups in total. The molecule has 0 atom stereocenters. The van der Waals surface area contributed by atoms with Gasteiger partial charge in [-0.05, 0) is 0 Å². The molecule has 0 aliphatic carbocycles. The van der Waals surface area contributed by atoms with Crippen LogP contribution in [-0.2, 0) is 0 Å². The van der Waals surface area contributed by atoms with Crippen LogP contribution in [0.25, 0.3) is 0 Å². The standard InChI is InChI=1S/H4N2P.H3N/c1-3-2;/h1-2H2;1H3. The molecule has 0 fully saturated rings. The summed E-state index contributed by atoms with van der Waals surface area (Å²) < 4.78 is 0. The lowest BCUT2D eigenvalue weighted by Gasteiger charge is -1.53. The molecule has 0 aromatic rings. The minimum absolute atomic E-state index is 0. The van der Waals surface area contributed by atoms with Crippen LogP contribution in [-0.4, -0.2) is 0 Å². The summed E-state index contributed by atoms with van der Waals surface area (Å²) in [5.74, 6) is 0. The van der Waals surface area contributed by atoms with E-state index in [0.717, 1.165) is 0 Å². The van der Waals surface area contributed by atoms with Gasteiger partial charge in [0.15, 0.2) is 0 Å². The fraction of sp³-hybridized carbons (Fsp3) is 0. The number of hydrogen-bond acceptors (Lipinski definition) is 3. The largest absolute Gasteiger partial charge is 0.344 e. The molecular formula is H7N3P. The van der Waals surface area contributed by atoms with E-state index in [9.17, 15) is 0 Å².